The molecule has 0 fully saturated rings. The van der Waals surface area contributed by atoms with E-state index in [1.807, 2.05) is 0 Å². The molecule has 0 rings (SSSR count). The molecule has 0 unspecified atom stereocenters. The Labute approximate surface area is 90.0 Å². The Balaban J connectivity index is -0.0000000720. The van der Waals surface area contributed by atoms with E-state index in [1.165, 1.54) is 0 Å². The molecule has 9 heavy (non-hydrogen) atoms. The molecule has 0 saturated heterocycles. The average molecular weight is 300 g/mol. The van der Waals surface area contributed by atoms with Crippen LogP contribution in [0.1, 0.15) is 0 Å². The maximum atomic E-state index is 8.44. The van der Waals surface area contributed by atoms with Crippen molar-refractivity contribution in [2.75, 3.05) is 0 Å². The van der Waals surface area contributed by atoms with Crippen LogP contribution in [0.2, 0.25) is 0 Å². The van der Waals surface area contributed by atoms with E-state index < -0.39 is 22.7 Å². The molecule has 0 aliphatic carbocycles. The molecule has 0 aromatic rings. The zero-order chi connectivity index (χ0) is 7.15. The summed E-state index contributed by atoms with van der Waals surface area (Å²) in [7, 11) is 0. The first-order valence-electron chi connectivity index (χ1n) is 1.00. The van der Waals surface area contributed by atoms with E-state index in [-0.39, 0.29) is 41.7 Å². The monoisotopic (exact) mass is 300 g/mol. The minimum atomic E-state index is -3.11. The molecule has 52 valence electrons. The van der Waals surface area contributed by atoms with Gasteiger partial charge in [0, 0.05) is 0 Å². The van der Waals surface area contributed by atoms with Gasteiger partial charge in [-0.25, -0.2) is 0 Å². The van der Waals surface area contributed by atoms with Crippen LogP contribution in [-0.2, 0) is 22.7 Å². The van der Waals surface area contributed by atoms with Gasteiger partial charge in [-0.2, -0.15) is 0 Å². The minimum absolute atomic E-state index is 0. The summed E-state index contributed by atoms with van der Waals surface area (Å²) in [5, 5.41) is 0. The van der Waals surface area contributed by atoms with Gasteiger partial charge >= 0.3 is 41.7 Å². The SMILES string of the molecule is O=S([O-])[O-].O=S([O-])[O-].[Ce+4]. The molecule has 0 amide bonds. The molecule has 0 N–H and O–H groups in total. The van der Waals surface area contributed by atoms with Crippen molar-refractivity contribution >= 4 is 22.7 Å². The van der Waals surface area contributed by atoms with Crippen molar-refractivity contribution in [3.8, 4) is 0 Å². The van der Waals surface area contributed by atoms with Gasteiger partial charge in [-0.15, -0.1) is 22.7 Å². The molecule has 0 aliphatic heterocycles. The summed E-state index contributed by atoms with van der Waals surface area (Å²) in [6.07, 6.45) is 0. The second kappa shape index (κ2) is 12.2. The van der Waals surface area contributed by atoms with Gasteiger partial charge in [-0.05, 0) is 0 Å². The summed E-state index contributed by atoms with van der Waals surface area (Å²) in [6, 6.07) is 0. The van der Waals surface area contributed by atoms with Crippen LogP contribution in [0, 0.1) is 41.7 Å². The molecule has 0 atom stereocenters. The largest absolute Gasteiger partial charge is 4.00 e. The summed E-state index contributed by atoms with van der Waals surface area (Å²) in [4.78, 5) is 0. The van der Waals surface area contributed by atoms with E-state index in [4.69, 9.17) is 26.6 Å². The van der Waals surface area contributed by atoms with E-state index in [9.17, 15) is 0 Å². The standard InChI is InChI=1S/Ce.2H2O3S/c;2*1-4(2)3/h;2*(H2,1,2,3)/q+4;;/p-4. The molecule has 0 aliphatic rings. The van der Waals surface area contributed by atoms with Crippen LogP contribution in [0.3, 0.4) is 0 Å². The van der Waals surface area contributed by atoms with Crippen molar-refractivity contribution in [2.24, 2.45) is 0 Å². The van der Waals surface area contributed by atoms with E-state index in [2.05, 4.69) is 0 Å². The van der Waals surface area contributed by atoms with Crippen molar-refractivity contribution in [1.29, 1.82) is 0 Å². The van der Waals surface area contributed by atoms with Crippen LogP contribution in [-0.4, -0.2) is 26.6 Å². The van der Waals surface area contributed by atoms with Crippen LogP contribution in [0.5, 0.6) is 0 Å². The zero-order valence-corrected chi connectivity index (χ0v) is 8.54. The average Bonchev–Trinajstić information content (AvgIpc) is 1.25. The van der Waals surface area contributed by atoms with Gasteiger partial charge in [-0.3, -0.25) is 8.42 Å². The van der Waals surface area contributed by atoms with Crippen LogP contribution >= 0.6 is 0 Å². The first kappa shape index (κ1) is 16.9. The quantitative estimate of drug-likeness (QED) is 0.476. The van der Waals surface area contributed by atoms with Gasteiger partial charge in [0.15, 0.2) is 0 Å². The molecular formula is CeO6S2. The van der Waals surface area contributed by atoms with Gasteiger partial charge < -0.3 is 18.2 Å². The maximum Gasteiger partial charge on any atom is 4.00 e. The van der Waals surface area contributed by atoms with Crippen molar-refractivity contribution in [1.82, 2.24) is 0 Å². The minimum Gasteiger partial charge on any atom is -0.784 e. The van der Waals surface area contributed by atoms with E-state index in [0.717, 1.165) is 0 Å². The fourth-order valence-corrected chi connectivity index (χ4v) is 0. The second-order valence-electron chi connectivity index (χ2n) is 0.408. The Morgan fingerprint density at radius 1 is 0.778 bits per heavy atom. The van der Waals surface area contributed by atoms with Crippen molar-refractivity contribution in [2.45, 2.75) is 0 Å². The molecule has 0 spiro atoms. The molecule has 0 bridgehead atoms. The number of rotatable bonds is 0. The van der Waals surface area contributed by atoms with Crippen LogP contribution in [0.4, 0.5) is 0 Å². The maximum absolute atomic E-state index is 8.44. The Kier molecular flexibility index (Phi) is 22.9. The summed E-state index contributed by atoms with van der Waals surface area (Å²) in [6.45, 7) is 0. The number of hydrogen-bond acceptors (Lipinski definition) is 6. The molecule has 0 saturated carbocycles. The van der Waals surface area contributed by atoms with E-state index in [1.54, 1.807) is 0 Å². The normalized spacial score (nSPS) is 7.78. The molecule has 0 aromatic heterocycles. The zero-order valence-electron chi connectivity index (χ0n) is 3.77. The van der Waals surface area contributed by atoms with Gasteiger partial charge in [0.2, 0.25) is 0 Å². The Hall–Kier alpha value is 1.52. The van der Waals surface area contributed by atoms with Gasteiger partial charge in [0.05, 0.1) is 0 Å². The first-order valence-corrected chi connectivity index (χ1v) is 3.00. The van der Waals surface area contributed by atoms with Gasteiger partial charge in [0.25, 0.3) is 0 Å². The molecule has 6 nitrogen and oxygen atoms in total. The molecular weight excluding hydrogens is 300 g/mol. The second-order valence-corrected chi connectivity index (χ2v) is 1.22. The Bertz CT molecular complexity index is 69.1. The van der Waals surface area contributed by atoms with Crippen LogP contribution < -0.4 is 0 Å². The van der Waals surface area contributed by atoms with E-state index >= 15 is 0 Å². The van der Waals surface area contributed by atoms with Crippen LogP contribution in [0.15, 0.2) is 0 Å². The molecule has 0 radical (unpaired) electrons. The predicted octanol–water partition coefficient (Wildman–Crippen LogP) is -2.01. The Morgan fingerprint density at radius 3 is 0.778 bits per heavy atom. The fourth-order valence-electron chi connectivity index (χ4n) is 0. The number of hydrogen-bond donors (Lipinski definition) is 0. The summed E-state index contributed by atoms with van der Waals surface area (Å²) in [5.74, 6) is 0. The molecule has 0 heterocycles. The third-order valence-electron chi connectivity index (χ3n) is 0. The van der Waals surface area contributed by atoms with Crippen LogP contribution in [0.25, 0.3) is 0 Å². The third kappa shape index (κ3) is 234. The third-order valence-corrected chi connectivity index (χ3v) is 0. The summed E-state index contributed by atoms with van der Waals surface area (Å²) in [5.41, 5.74) is 0. The van der Waals surface area contributed by atoms with Gasteiger partial charge in [0.1, 0.15) is 0 Å². The molecule has 9 heteroatoms. The Morgan fingerprint density at radius 2 is 0.778 bits per heavy atom. The predicted molar refractivity (Wildman–Crippen MR) is 19.4 cm³/mol. The first-order chi connectivity index (χ1) is 3.46. The van der Waals surface area contributed by atoms with Crippen molar-refractivity contribution in [3.05, 3.63) is 0 Å². The summed E-state index contributed by atoms with van der Waals surface area (Å²) >= 11 is -6.22. The van der Waals surface area contributed by atoms with Gasteiger partial charge in [-0.1, -0.05) is 0 Å². The van der Waals surface area contributed by atoms with Crippen molar-refractivity contribution in [3.63, 3.8) is 0 Å². The smallest absolute Gasteiger partial charge is 0.784 e. The van der Waals surface area contributed by atoms with Crippen molar-refractivity contribution < 1.29 is 68.4 Å². The topological polar surface area (TPSA) is 126 Å². The fraction of sp³-hybridized carbons (Fsp3) is 0. The summed E-state index contributed by atoms with van der Waals surface area (Å²) < 4.78 is 50.7. The van der Waals surface area contributed by atoms with E-state index in [0.29, 0.717) is 0 Å². The molecule has 0 aromatic carbocycles.